The Kier molecular flexibility index (Phi) is 6.65. The van der Waals surface area contributed by atoms with Gasteiger partial charge in [0.2, 0.25) is 0 Å². The van der Waals surface area contributed by atoms with Gasteiger partial charge in [-0.2, -0.15) is 0 Å². The van der Waals surface area contributed by atoms with Crippen LogP contribution in [0.5, 0.6) is 0 Å². The zero-order chi connectivity index (χ0) is 20.9. The lowest BCUT2D eigenvalue weighted by molar-refractivity contribution is 0.0529. The number of carbonyl (C=O) groups is 1. The number of pyridine rings is 1. The lowest BCUT2D eigenvalue weighted by Crippen LogP contribution is -2.44. The molecular formula is C24H32N4O2. The molecule has 2 aliphatic heterocycles. The van der Waals surface area contributed by atoms with Gasteiger partial charge in [0, 0.05) is 50.5 Å². The van der Waals surface area contributed by atoms with Gasteiger partial charge in [0.15, 0.2) is 0 Å². The van der Waals surface area contributed by atoms with E-state index in [0.29, 0.717) is 12.2 Å². The molecule has 2 saturated heterocycles. The van der Waals surface area contributed by atoms with Crippen molar-refractivity contribution >= 4 is 11.7 Å². The summed E-state index contributed by atoms with van der Waals surface area (Å²) in [6.45, 7) is 9.50. The van der Waals surface area contributed by atoms with Crippen molar-refractivity contribution in [2.75, 3.05) is 37.7 Å². The van der Waals surface area contributed by atoms with Gasteiger partial charge < -0.3 is 15.0 Å². The van der Waals surface area contributed by atoms with Gasteiger partial charge in [-0.05, 0) is 44.4 Å². The average Bonchev–Trinajstić information content (AvgIpc) is 2.75. The number of anilines is 1. The number of piperidine rings is 1. The van der Waals surface area contributed by atoms with Crippen molar-refractivity contribution in [1.29, 1.82) is 0 Å². The third-order valence-electron chi connectivity index (χ3n) is 5.98. The number of aromatic nitrogens is 1. The molecule has 0 spiro atoms. The molecule has 1 aromatic carbocycles. The van der Waals surface area contributed by atoms with E-state index in [1.807, 2.05) is 6.07 Å². The van der Waals surface area contributed by atoms with Crippen molar-refractivity contribution in [3.63, 3.8) is 0 Å². The fourth-order valence-corrected chi connectivity index (χ4v) is 4.33. The lowest BCUT2D eigenvalue weighted by atomic mass is 10.0. The van der Waals surface area contributed by atoms with E-state index in [0.717, 1.165) is 51.4 Å². The Hall–Kier alpha value is -2.44. The summed E-state index contributed by atoms with van der Waals surface area (Å²) in [5.74, 6) is 0.850. The summed E-state index contributed by atoms with van der Waals surface area (Å²) in [6, 6.07) is 12.6. The van der Waals surface area contributed by atoms with Crippen LogP contribution in [0.15, 0.2) is 42.6 Å². The Bertz CT molecular complexity index is 864. The molecular weight excluding hydrogens is 376 g/mol. The average molecular weight is 409 g/mol. The normalized spacial score (nSPS) is 20.9. The number of nitrogens with zero attached hydrogens (tertiary/aromatic N) is 3. The fourth-order valence-electron chi connectivity index (χ4n) is 4.33. The number of benzene rings is 1. The molecule has 1 atom stereocenters. The molecule has 2 aliphatic rings. The first kappa shape index (κ1) is 20.8. The molecule has 0 unspecified atom stereocenters. The minimum absolute atomic E-state index is 0.00269. The van der Waals surface area contributed by atoms with Crippen molar-refractivity contribution in [2.45, 2.75) is 45.4 Å². The molecule has 160 valence electrons. The third kappa shape index (κ3) is 5.37. The summed E-state index contributed by atoms with van der Waals surface area (Å²) in [4.78, 5) is 22.0. The Morgan fingerprint density at radius 2 is 2.03 bits per heavy atom. The molecule has 0 radical (unpaired) electrons. The highest BCUT2D eigenvalue weighted by molar-refractivity contribution is 5.95. The molecule has 1 aromatic heterocycles. The standard InChI is InChI=1S/C24H32N4O2/c1-18-4-3-5-20(14-18)17-27-10-7-22(8-11-27)26-24(29)21-6-9-25-23(15-21)28-12-13-30-19(2)16-28/h3-6,9,14-15,19,22H,7-8,10-13,16-17H2,1-2H3,(H,26,29)/t19-/m0/s1. The second-order valence-corrected chi connectivity index (χ2v) is 8.54. The van der Waals surface area contributed by atoms with Gasteiger partial charge in [0.25, 0.3) is 5.91 Å². The van der Waals surface area contributed by atoms with Crippen LogP contribution < -0.4 is 10.2 Å². The Morgan fingerprint density at radius 3 is 2.80 bits per heavy atom. The first-order valence-corrected chi connectivity index (χ1v) is 11.0. The largest absolute Gasteiger partial charge is 0.375 e. The van der Waals surface area contributed by atoms with E-state index in [1.54, 1.807) is 12.3 Å². The molecule has 0 bridgehead atoms. The molecule has 6 nitrogen and oxygen atoms in total. The maximum atomic E-state index is 12.8. The molecule has 1 amide bonds. The first-order valence-electron chi connectivity index (χ1n) is 11.0. The highest BCUT2D eigenvalue weighted by atomic mass is 16.5. The molecule has 2 fully saturated rings. The molecule has 3 heterocycles. The highest BCUT2D eigenvalue weighted by Crippen LogP contribution is 2.18. The number of amides is 1. The van der Waals surface area contributed by atoms with E-state index in [-0.39, 0.29) is 18.1 Å². The summed E-state index contributed by atoms with van der Waals surface area (Å²) < 4.78 is 5.61. The van der Waals surface area contributed by atoms with Crippen molar-refractivity contribution in [2.24, 2.45) is 0 Å². The minimum Gasteiger partial charge on any atom is -0.375 e. The Labute approximate surface area is 179 Å². The molecule has 4 rings (SSSR count). The van der Waals surface area contributed by atoms with Gasteiger partial charge in [-0.15, -0.1) is 0 Å². The van der Waals surface area contributed by atoms with Crippen molar-refractivity contribution in [3.8, 4) is 0 Å². The van der Waals surface area contributed by atoms with Crippen LogP contribution in [0, 0.1) is 6.92 Å². The van der Waals surface area contributed by atoms with Gasteiger partial charge in [0.1, 0.15) is 5.82 Å². The predicted octanol–water partition coefficient (Wildman–Crippen LogP) is 3.01. The minimum atomic E-state index is -0.00269. The predicted molar refractivity (Wildman–Crippen MR) is 119 cm³/mol. The van der Waals surface area contributed by atoms with Gasteiger partial charge in [0.05, 0.1) is 12.7 Å². The van der Waals surface area contributed by atoms with E-state index >= 15 is 0 Å². The van der Waals surface area contributed by atoms with E-state index in [1.165, 1.54) is 11.1 Å². The number of ether oxygens (including phenoxy) is 1. The highest BCUT2D eigenvalue weighted by Gasteiger charge is 2.23. The van der Waals surface area contributed by atoms with Crippen LogP contribution in [0.1, 0.15) is 41.3 Å². The number of hydrogen-bond donors (Lipinski definition) is 1. The summed E-state index contributed by atoms with van der Waals surface area (Å²) in [7, 11) is 0. The van der Waals surface area contributed by atoms with Gasteiger partial charge in [-0.25, -0.2) is 4.98 Å². The summed E-state index contributed by atoms with van der Waals surface area (Å²) >= 11 is 0. The number of carbonyl (C=O) groups excluding carboxylic acids is 1. The first-order chi connectivity index (χ1) is 14.6. The van der Waals surface area contributed by atoms with Crippen LogP contribution >= 0.6 is 0 Å². The van der Waals surface area contributed by atoms with Gasteiger partial charge in [-0.1, -0.05) is 29.8 Å². The molecule has 0 aliphatic carbocycles. The monoisotopic (exact) mass is 408 g/mol. The number of likely N-dealkylation sites (tertiary alicyclic amines) is 1. The number of hydrogen-bond acceptors (Lipinski definition) is 5. The van der Waals surface area contributed by atoms with E-state index < -0.39 is 0 Å². The zero-order valence-corrected chi connectivity index (χ0v) is 18.0. The SMILES string of the molecule is Cc1cccc(CN2CCC(NC(=O)c3ccnc(N4CCO[C@@H](C)C4)c3)CC2)c1. The van der Waals surface area contributed by atoms with E-state index in [9.17, 15) is 4.79 Å². The summed E-state index contributed by atoms with van der Waals surface area (Å²) in [6.07, 6.45) is 3.88. The van der Waals surface area contributed by atoms with E-state index in [4.69, 9.17) is 4.74 Å². The van der Waals surface area contributed by atoms with Gasteiger partial charge in [-0.3, -0.25) is 9.69 Å². The summed E-state index contributed by atoms with van der Waals surface area (Å²) in [5, 5.41) is 3.23. The topological polar surface area (TPSA) is 57.7 Å². The number of rotatable bonds is 5. The second-order valence-electron chi connectivity index (χ2n) is 8.54. The van der Waals surface area contributed by atoms with Crippen LogP contribution in [0.3, 0.4) is 0 Å². The van der Waals surface area contributed by atoms with E-state index in [2.05, 4.69) is 58.2 Å². The van der Waals surface area contributed by atoms with Crippen molar-refractivity contribution in [3.05, 3.63) is 59.3 Å². The number of aryl methyl sites for hydroxylation is 1. The Morgan fingerprint density at radius 1 is 1.20 bits per heavy atom. The van der Waals surface area contributed by atoms with Crippen molar-refractivity contribution < 1.29 is 9.53 Å². The maximum absolute atomic E-state index is 12.8. The molecule has 6 heteroatoms. The second kappa shape index (κ2) is 9.58. The zero-order valence-electron chi connectivity index (χ0n) is 18.0. The van der Waals surface area contributed by atoms with Crippen LogP contribution in [0.4, 0.5) is 5.82 Å². The number of nitrogens with one attached hydrogen (secondary N) is 1. The van der Waals surface area contributed by atoms with Crippen LogP contribution in [0.2, 0.25) is 0 Å². The number of morpholine rings is 1. The van der Waals surface area contributed by atoms with Crippen LogP contribution in [-0.4, -0.2) is 60.7 Å². The maximum Gasteiger partial charge on any atom is 0.251 e. The molecule has 0 saturated carbocycles. The molecule has 1 N–H and O–H groups in total. The smallest absolute Gasteiger partial charge is 0.251 e. The quantitative estimate of drug-likeness (QED) is 0.824. The third-order valence-corrected chi connectivity index (χ3v) is 5.98. The van der Waals surface area contributed by atoms with Crippen molar-refractivity contribution in [1.82, 2.24) is 15.2 Å². The van der Waals surface area contributed by atoms with Gasteiger partial charge >= 0.3 is 0 Å². The Balaban J connectivity index is 1.29. The fraction of sp³-hybridized carbons (Fsp3) is 0.500. The molecule has 2 aromatic rings. The lowest BCUT2D eigenvalue weighted by Gasteiger charge is -2.33. The molecule has 30 heavy (non-hydrogen) atoms. The van der Waals surface area contributed by atoms with Crippen LogP contribution in [-0.2, 0) is 11.3 Å². The summed E-state index contributed by atoms with van der Waals surface area (Å²) in [5.41, 5.74) is 3.35. The van der Waals surface area contributed by atoms with Crippen LogP contribution in [0.25, 0.3) is 0 Å².